The Labute approximate surface area is 232 Å². The van der Waals surface area contributed by atoms with Crippen molar-refractivity contribution in [1.82, 2.24) is 0 Å². The van der Waals surface area contributed by atoms with Gasteiger partial charge < -0.3 is 10.2 Å². The summed E-state index contributed by atoms with van der Waals surface area (Å²) in [5.74, 6) is 0.865. The van der Waals surface area contributed by atoms with Gasteiger partial charge in [-0.05, 0) is 79.0 Å². The lowest BCUT2D eigenvalue weighted by atomic mass is 9.77. The fourth-order valence-electron chi connectivity index (χ4n) is 5.13. The summed E-state index contributed by atoms with van der Waals surface area (Å²) >= 11 is 0. The van der Waals surface area contributed by atoms with E-state index in [-0.39, 0.29) is 21.7 Å². The topological polar surface area (TPSA) is 40.5 Å². The van der Waals surface area contributed by atoms with E-state index in [0.29, 0.717) is 11.5 Å². The zero-order chi connectivity index (χ0) is 28.8. The van der Waals surface area contributed by atoms with Gasteiger partial charge in [0.25, 0.3) is 0 Å². The molecule has 0 bridgehead atoms. The Bertz CT molecular complexity index is 1110. The summed E-state index contributed by atoms with van der Waals surface area (Å²) in [5, 5.41) is 22.1. The van der Waals surface area contributed by atoms with Crippen LogP contribution in [0.3, 0.4) is 0 Å². The summed E-state index contributed by atoms with van der Waals surface area (Å²) in [4.78, 5) is 0. The van der Waals surface area contributed by atoms with Gasteiger partial charge in [0.2, 0.25) is 0 Å². The van der Waals surface area contributed by atoms with Gasteiger partial charge in [-0.3, -0.25) is 0 Å². The molecule has 3 aromatic carbocycles. The van der Waals surface area contributed by atoms with E-state index >= 15 is 0 Å². The third-order valence-corrected chi connectivity index (χ3v) is 7.41. The highest BCUT2D eigenvalue weighted by molar-refractivity contribution is 5.52. The second kappa shape index (κ2) is 10.1. The summed E-state index contributed by atoms with van der Waals surface area (Å²) in [5.41, 5.74) is 8.48. The fourth-order valence-corrected chi connectivity index (χ4v) is 5.13. The summed E-state index contributed by atoms with van der Waals surface area (Å²) in [6, 6.07) is 17.6. The third kappa shape index (κ3) is 6.82. The maximum Gasteiger partial charge on any atom is 0.123 e. The van der Waals surface area contributed by atoms with Crippen molar-refractivity contribution < 1.29 is 10.2 Å². The smallest absolute Gasteiger partial charge is 0.123 e. The van der Waals surface area contributed by atoms with Crippen molar-refractivity contribution in [1.29, 1.82) is 0 Å². The van der Waals surface area contributed by atoms with E-state index in [0.717, 1.165) is 35.1 Å². The number of benzene rings is 3. The van der Waals surface area contributed by atoms with Crippen molar-refractivity contribution >= 4 is 0 Å². The van der Waals surface area contributed by atoms with Crippen LogP contribution in [0.2, 0.25) is 0 Å². The molecule has 0 aliphatic carbocycles. The monoisotopic (exact) mass is 514 g/mol. The van der Waals surface area contributed by atoms with Crippen LogP contribution in [0, 0.1) is 0 Å². The van der Waals surface area contributed by atoms with Gasteiger partial charge in [-0.25, -0.2) is 0 Å². The van der Waals surface area contributed by atoms with Crippen LogP contribution < -0.4 is 0 Å². The van der Waals surface area contributed by atoms with E-state index in [1.54, 1.807) is 0 Å². The van der Waals surface area contributed by atoms with Gasteiger partial charge in [-0.2, -0.15) is 0 Å². The van der Waals surface area contributed by atoms with Crippen LogP contribution >= 0.6 is 0 Å². The molecule has 0 heterocycles. The van der Waals surface area contributed by atoms with Gasteiger partial charge in [0, 0.05) is 0 Å². The Morgan fingerprint density at radius 3 is 0.789 bits per heavy atom. The van der Waals surface area contributed by atoms with Gasteiger partial charge in [0.15, 0.2) is 0 Å². The fraction of sp³-hybridized carbons (Fsp3) is 0.500. The molecule has 206 valence electrons. The average molecular weight is 515 g/mol. The molecule has 0 saturated heterocycles. The molecule has 0 aromatic heterocycles. The number of aromatic hydroxyl groups is 2. The van der Waals surface area contributed by atoms with Crippen LogP contribution in [0.1, 0.15) is 128 Å². The second-order valence-corrected chi connectivity index (χ2v) is 15.2. The molecule has 0 atom stereocenters. The predicted molar refractivity (Wildman–Crippen MR) is 163 cm³/mol. The Hall–Kier alpha value is -2.74. The van der Waals surface area contributed by atoms with E-state index in [2.05, 4.69) is 132 Å². The van der Waals surface area contributed by atoms with Crippen molar-refractivity contribution in [3.05, 3.63) is 93.0 Å². The summed E-state index contributed by atoms with van der Waals surface area (Å²) in [6.45, 7) is 25.9. The van der Waals surface area contributed by atoms with Crippen LogP contribution in [-0.2, 0) is 34.5 Å². The van der Waals surface area contributed by atoms with E-state index in [4.69, 9.17) is 0 Å². The second-order valence-electron chi connectivity index (χ2n) is 15.2. The molecule has 2 nitrogen and oxygen atoms in total. The first-order chi connectivity index (χ1) is 17.2. The quantitative estimate of drug-likeness (QED) is 0.364. The zero-order valence-electron chi connectivity index (χ0n) is 25.9. The van der Waals surface area contributed by atoms with Gasteiger partial charge in [-0.15, -0.1) is 0 Å². The van der Waals surface area contributed by atoms with Gasteiger partial charge in [-0.1, -0.05) is 132 Å². The number of rotatable bonds is 4. The number of phenols is 2. The van der Waals surface area contributed by atoms with Crippen molar-refractivity contribution in [2.24, 2.45) is 0 Å². The first-order valence-electron chi connectivity index (χ1n) is 14.0. The molecule has 38 heavy (non-hydrogen) atoms. The Morgan fingerprint density at radius 1 is 0.395 bits per heavy atom. The molecule has 2 N–H and O–H groups in total. The van der Waals surface area contributed by atoms with E-state index in [1.165, 1.54) is 22.3 Å². The van der Waals surface area contributed by atoms with Crippen LogP contribution in [0.5, 0.6) is 11.5 Å². The van der Waals surface area contributed by atoms with Gasteiger partial charge in [0.05, 0.1) is 0 Å². The molecule has 0 unspecified atom stereocenters. The summed E-state index contributed by atoms with van der Waals surface area (Å²) in [7, 11) is 0. The summed E-state index contributed by atoms with van der Waals surface area (Å²) in [6.07, 6.45) is 1.66. The van der Waals surface area contributed by atoms with Crippen LogP contribution in [-0.4, -0.2) is 10.2 Å². The average Bonchev–Trinajstić information content (AvgIpc) is 2.74. The largest absolute Gasteiger partial charge is 0.507 e. The molecule has 0 saturated carbocycles. The molecule has 0 amide bonds. The zero-order valence-corrected chi connectivity index (χ0v) is 25.9. The number of hydrogen-bond acceptors (Lipinski definition) is 2. The minimum absolute atomic E-state index is 0.133. The molecule has 0 radical (unpaired) electrons. The summed E-state index contributed by atoms with van der Waals surface area (Å²) < 4.78 is 0. The van der Waals surface area contributed by atoms with Crippen LogP contribution in [0.4, 0.5) is 0 Å². The highest BCUT2D eigenvalue weighted by atomic mass is 16.3. The number of phenolic OH excluding ortho intramolecular Hbond substituents is 2. The molecule has 3 aromatic rings. The standard InChI is InChI=1S/C36H50O2/c1-33(2,3)27-19-25(20-28(31(27)37)34(4,5)6)17-23-13-15-24(16-14-23)18-26-21-29(35(7,8)9)32(38)30(22-26)36(10,11)12/h13-16,19-22,37-38H,17-18H2,1-12H3. The van der Waals surface area contributed by atoms with E-state index in [9.17, 15) is 10.2 Å². The SMILES string of the molecule is CC(C)(C)c1cc(Cc2ccc(Cc3cc(C(C)(C)C)c(O)c(C(C)(C)C)c3)cc2)cc(C(C)(C)C)c1O. The Balaban J connectivity index is 1.93. The Kier molecular flexibility index (Phi) is 7.92. The molecule has 3 rings (SSSR count). The van der Waals surface area contributed by atoms with Crippen LogP contribution in [0.15, 0.2) is 48.5 Å². The minimum atomic E-state index is -0.133. The third-order valence-electron chi connectivity index (χ3n) is 7.41. The van der Waals surface area contributed by atoms with Crippen molar-refractivity contribution in [2.75, 3.05) is 0 Å². The molecule has 0 aliphatic heterocycles. The van der Waals surface area contributed by atoms with Crippen LogP contribution in [0.25, 0.3) is 0 Å². The van der Waals surface area contributed by atoms with Crippen molar-refractivity contribution in [3.8, 4) is 11.5 Å². The predicted octanol–water partition coefficient (Wildman–Crippen LogP) is 9.47. The first-order valence-corrected chi connectivity index (χ1v) is 14.0. The maximum atomic E-state index is 11.1. The number of hydrogen-bond donors (Lipinski definition) is 2. The molecule has 0 spiro atoms. The molecule has 2 heteroatoms. The lowest BCUT2D eigenvalue weighted by Crippen LogP contribution is -2.18. The molecule has 0 fully saturated rings. The van der Waals surface area contributed by atoms with Gasteiger partial charge in [0.1, 0.15) is 11.5 Å². The lowest BCUT2D eigenvalue weighted by molar-refractivity contribution is 0.422. The van der Waals surface area contributed by atoms with E-state index < -0.39 is 0 Å². The minimum Gasteiger partial charge on any atom is -0.507 e. The molecule has 0 aliphatic rings. The van der Waals surface area contributed by atoms with Crippen molar-refractivity contribution in [2.45, 2.75) is 118 Å². The first kappa shape index (κ1) is 29.8. The van der Waals surface area contributed by atoms with Crippen molar-refractivity contribution in [3.63, 3.8) is 0 Å². The maximum absolute atomic E-state index is 11.1. The molecular formula is C36H50O2. The normalized spacial score (nSPS) is 13.2. The highest BCUT2D eigenvalue weighted by Gasteiger charge is 2.28. The molecular weight excluding hydrogens is 464 g/mol. The lowest BCUT2D eigenvalue weighted by Gasteiger charge is -2.28. The highest BCUT2D eigenvalue weighted by Crippen LogP contribution is 2.41. The van der Waals surface area contributed by atoms with Gasteiger partial charge >= 0.3 is 0 Å². The van der Waals surface area contributed by atoms with E-state index in [1.807, 2.05) is 0 Å². The Morgan fingerprint density at radius 2 is 0.605 bits per heavy atom.